The SMILES string of the molecule is COc1ccc(CC(=O)C(C(C)O)C2CO2)cc1. The Bertz CT molecular complexity index is 404. The minimum absolute atomic E-state index is 0.0256. The molecule has 1 aliphatic rings. The van der Waals surface area contributed by atoms with Crippen molar-refractivity contribution in [3.05, 3.63) is 29.8 Å². The number of benzene rings is 1. The third-order valence-electron chi connectivity index (χ3n) is 3.19. The molecule has 18 heavy (non-hydrogen) atoms. The van der Waals surface area contributed by atoms with Gasteiger partial charge in [0, 0.05) is 6.42 Å². The highest BCUT2D eigenvalue weighted by atomic mass is 16.6. The number of hydrogen-bond acceptors (Lipinski definition) is 4. The number of methoxy groups -OCH3 is 1. The smallest absolute Gasteiger partial charge is 0.145 e. The number of carbonyl (C=O) groups excluding carboxylic acids is 1. The zero-order valence-corrected chi connectivity index (χ0v) is 10.6. The molecule has 0 spiro atoms. The Labute approximate surface area is 107 Å². The third-order valence-corrected chi connectivity index (χ3v) is 3.19. The quantitative estimate of drug-likeness (QED) is 0.771. The minimum Gasteiger partial charge on any atom is -0.497 e. The van der Waals surface area contributed by atoms with Gasteiger partial charge in [0.1, 0.15) is 11.5 Å². The summed E-state index contributed by atoms with van der Waals surface area (Å²) in [7, 11) is 1.61. The first-order valence-electron chi connectivity index (χ1n) is 6.07. The van der Waals surface area contributed by atoms with Crippen molar-refractivity contribution in [1.82, 2.24) is 0 Å². The van der Waals surface area contributed by atoms with Crippen LogP contribution in [0.3, 0.4) is 0 Å². The first kappa shape index (κ1) is 13.1. The van der Waals surface area contributed by atoms with E-state index in [0.717, 1.165) is 11.3 Å². The van der Waals surface area contributed by atoms with Gasteiger partial charge in [-0.2, -0.15) is 0 Å². The second-order valence-corrected chi connectivity index (χ2v) is 4.63. The molecule has 3 unspecified atom stereocenters. The van der Waals surface area contributed by atoms with Gasteiger partial charge in [0.15, 0.2) is 0 Å². The van der Waals surface area contributed by atoms with Crippen molar-refractivity contribution in [3.8, 4) is 5.75 Å². The van der Waals surface area contributed by atoms with Crippen LogP contribution in [0.1, 0.15) is 12.5 Å². The molecule has 4 nitrogen and oxygen atoms in total. The van der Waals surface area contributed by atoms with Crippen LogP contribution in [0.2, 0.25) is 0 Å². The number of hydrogen-bond donors (Lipinski definition) is 1. The van der Waals surface area contributed by atoms with E-state index >= 15 is 0 Å². The van der Waals surface area contributed by atoms with Crippen LogP contribution in [0.25, 0.3) is 0 Å². The van der Waals surface area contributed by atoms with Crippen molar-refractivity contribution in [2.45, 2.75) is 25.6 Å². The summed E-state index contributed by atoms with van der Waals surface area (Å²) in [6.45, 7) is 2.21. The lowest BCUT2D eigenvalue weighted by atomic mass is 9.91. The van der Waals surface area contributed by atoms with Crippen LogP contribution in [0.5, 0.6) is 5.75 Å². The predicted molar refractivity (Wildman–Crippen MR) is 66.6 cm³/mol. The van der Waals surface area contributed by atoms with Crippen LogP contribution < -0.4 is 4.74 Å². The molecule has 1 aliphatic heterocycles. The van der Waals surface area contributed by atoms with Crippen LogP contribution in [-0.2, 0) is 16.0 Å². The van der Waals surface area contributed by atoms with Gasteiger partial charge in [-0.05, 0) is 24.6 Å². The number of Topliss-reactive ketones (excluding diaryl/α,β-unsaturated/α-hetero) is 1. The number of epoxide rings is 1. The number of carbonyl (C=O) groups is 1. The van der Waals surface area contributed by atoms with Crippen LogP contribution in [0.15, 0.2) is 24.3 Å². The summed E-state index contributed by atoms with van der Waals surface area (Å²) in [5.41, 5.74) is 0.923. The molecule has 1 aromatic carbocycles. The molecule has 0 bridgehead atoms. The topological polar surface area (TPSA) is 59.1 Å². The van der Waals surface area contributed by atoms with Crippen molar-refractivity contribution in [2.24, 2.45) is 5.92 Å². The number of ketones is 1. The standard InChI is InChI=1S/C14H18O4/c1-9(15)14(13-8-18-13)12(16)7-10-3-5-11(17-2)6-4-10/h3-6,9,13-15H,7-8H2,1-2H3. The second kappa shape index (κ2) is 5.50. The lowest BCUT2D eigenvalue weighted by Crippen LogP contribution is -2.32. The molecule has 4 heteroatoms. The molecule has 3 atom stereocenters. The van der Waals surface area contributed by atoms with E-state index in [1.165, 1.54) is 0 Å². The predicted octanol–water partition coefficient (Wildman–Crippen LogP) is 1.20. The van der Waals surface area contributed by atoms with E-state index in [0.29, 0.717) is 13.0 Å². The monoisotopic (exact) mass is 250 g/mol. The number of rotatable bonds is 6. The highest BCUT2D eigenvalue weighted by Crippen LogP contribution is 2.25. The molecule has 0 radical (unpaired) electrons. The van der Waals surface area contributed by atoms with E-state index in [2.05, 4.69) is 0 Å². The minimum atomic E-state index is -0.664. The van der Waals surface area contributed by atoms with E-state index in [1.54, 1.807) is 14.0 Å². The van der Waals surface area contributed by atoms with E-state index in [9.17, 15) is 9.90 Å². The number of aliphatic hydroxyl groups excluding tert-OH is 1. The fourth-order valence-corrected chi connectivity index (χ4v) is 2.11. The van der Waals surface area contributed by atoms with E-state index in [-0.39, 0.29) is 11.9 Å². The molecule has 0 amide bonds. The van der Waals surface area contributed by atoms with Crippen molar-refractivity contribution in [3.63, 3.8) is 0 Å². The number of ether oxygens (including phenoxy) is 2. The van der Waals surface area contributed by atoms with Gasteiger partial charge in [0.05, 0.1) is 31.8 Å². The van der Waals surface area contributed by atoms with Gasteiger partial charge >= 0.3 is 0 Å². The van der Waals surface area contributed by atoms with Crippen LogP contribution >= 0.6 is 0 Å². The highest BCUT2D eigenvalue weighted by Gasteiger charge is 2.40. The fourth-order valence-electron chi connectivity index (χ4n) is 2.11. The van der Waals surface area contributed by atoms with E-state index in [4.69, 9.17) is 9.47 Å². The third kappa shape index (κ3) is 3.09. The molecule has 2 rings (SSSR count). The highest BCUT2D eigenvalue weighted by molar-refractivity contribution is 5.84. The maximum absolute atomic E-state index is 12.1. The lowest BCUT2D eigenvalue weighted by Gasteiger charge is -2.16. The van der Waals surface area contributed by atoms with Gasteiger partial charge < -0.3 is 14.6 Å². The molecule has 1 N–H and O–H groups in total. The molecular weight excluding hydrogens is 232 g/mol. The normalized spacial score (nSPS) is 21.2. The van der Waals surface area contributed by atoms with Gasteiger partial charge in [-0.15, -0.1) is 0 Å². The van der Waals surface area contributed by atoms with Gasteiger partial charge in [-0.3, -0.25) is 4.79 Å². The Morgan fingerprint density at radius 1 is 1.50 bits per heavy atom. The van der Waals surface area contributed by atoms with E-state index in [1.807, 2.05) is 24.3 Å². The summed E-state index contributed by atoms with van der Waals surface area (Å²) in [5, 5.41) is 9.63. The molecular formula is C14H18O4. The molecule has 1 aromatic rings. The lowest BCUT2D eigenvalue weighted by molar-refractivity contribution is -0.126. The summed E-state index contributed by atoms with van der Waals surface area (Å²) in [6.07, 6.45) is -0.446. The van der Waals surface area contributed by atoms with Gasteiger partial charge in [-0.25, -0.2) is 0 Å². The van der Waals surface area contributed by atoms with Crippen LogP contribution in [-0.4, -0.2) is 36.8 Å². The largest absolute Gasteiger partial charge is 0.497 e. The summed E-state index contributed by atoms with van der Waals surface area (Å²) >= 11 is 0. The molecule has 1 saturated heterocycles. The number of aliphatic hydroxyl groups is 1. The Morgan fingerprint density at radius 3 is 2.56 bits per heavy atom. The van der Waals surface area contributed by atoms with E-state index < -0.39 is 12.0 Å². The van der Waals surface area contributed by atoms with Crippen LogP contribution in [0, 0.1) is 5.92 Å². The first-order valence-corrected chi connectivity index (χ1v) is 6.07. The zero-order chi connectivity index (χ0) is 13.1. The van der Waals surface area contributed by atoms with Gasteiger partial charge in [-0.1, -0.05) is 12.1 Å². The summed E-state index contributed by atoms with van der Waals surface area (Å²) in [5.74, 6) is 0.383. The molecule has 0 aliphatic carbocycles. The summed E-state index contributed by atoms with van der Waals surface area (Å²) in [4.78, 5) is 12.1. The van der Waals surface area contributed by atoms with Crippen LogP contribution in [0.4, 0.5) is 0 Å². The average molecular weight is 250 g/mol. The fraction of sp³-hybridized carbons (Fsp3) is 0.500. The molecule has 0 saturated carbocycles. The zero-order valence-electron chi connectivity index (χ0n) is 10.6. The van der Waals surface area contributed by atoms with Gasteiger partial charge in [0.2, 0.25) is 0 Å². The van der Waals surface area contributed by atoms with Crippen molar-refractivity contribution < 1.29 is 19.4 Å². The Hall–Kier alpha value is -1.39. The maximum atomic E-state index is 12.1. The van der Waals surface area contributed by atoms with Crippen molar-refractivity contribution in [1.29, 1.82) is 0 Å². The maximum Gasteiger partial charge on any atom is 0.145 e. The van der Waals surface area contributed by atoms with Crippen molar-refractivity contribution >= 4 is 5.78 Å². The molecule has 98 valence electrons. The van der Waals surface area contributed by atoms with Gasteiger partial charge in [0.25, 0.3) is 0 Å². The van der Waals surface area contributed by atoms with Crippen molar-refractivity contribution in [2.75, 3.05) is 13.7 Å². The Balaban J connectivity index is 2.00. The first-order chi connectivity index (χ1) is 8.61. The average Bonchev–Trinajstić information content (AvgIpc) is 3.14. The second-order valence-electron chi connectivity index (χ2n) is 4.63. The Morgan fingerprint density at radius 2 is 2.11 bits per heavy atom. The molecule has 0 aromatic heterocycles. The molecule has 1 heterocycles. The summed E-state index contributed by atoms with van der Waals surface area (Å²) < 4.78 is 10.2. The Kier molecular flexibility index (Phi) is 3.99. The summed E-state index contributed by atoms with van der Waals surface area (Å²) in [6, 6.07) is 7.38. The molecule has 1 fully saturated rings.